The Morgan fingerprint density at radius 2 is 1.86 bits per heavy atom. The molecule has 1 atom stereocenters. The van der Waals surface area contributed by atoms with Gasteiger partial charge in [0, 0.05) is 28.9 Å². The number of hydrogen-bond acceptors (Lipinski definition) is 7. The van der Waals surface area contributed by atoms with E-state index < -0.39 is 0 Å². The van der Waals surface area contributed by atoms with Crippen molar-refractivity contribution in [3.63, 3.8) is 0 Å². The van der Waals surface area contributed by atoms with E-state index >= 15 is 0 Å². The summed E-state index contributed by atoms with van der Waals surface area (Å²) < 4.78 is 0. The van der Waals surface area contributed by atoms with Crippen molar-refractivity contribution in [1.82, 2.24) is 19.9 Å². The van der Waals surface area contributed by atoms with E-state index in [1.54, 1.807) is 6.20 Å². The van der Waals surface area contributed by atoms with E-state index in [-0.39, 0.29) is 17.4 Å². The summed E-state index contributed by atoms with van der Waals surface area (Å²) in [6, 6.07) is 15.6. The smallest absolute Gasteiger partial charge is 0.150 e. The fourth-order valence-electron chi connectivity index (χ4n) is 3.18. The number of para-hydroxylation sites is 1. The third-order valence-electron chi connectivity index (χ3n) is 4.53. The number of aromatic nitrogens is 4. The van der Waals surface area contributed by atoms with Crippen molar-refractivity contribution in [2.45, 2.75) is 13.0 Å². The van der Waals surface area contributed by atoms with Crippen LogP contribution < -0.4 is 11.1 Å². The maximum Gasteiger partial charge on any atom is 0.150 e. The zero-order valence-corrected chi connectivity index (χ0v) is 15.2. The van der Waals surface area contributed by atoms with Gasteiger partial charge in [0.15, 0.2) is 0 Å². The minimum Gasteiger partial charge on any atom is -0.382 e. The van der Waals surface area contributed by atoms with Gasteiger partial charge in [-0.05, 0) is 25.1 Å². The number of hydrogen-bond donors (Lipinski definition) is 2. The van der Waals surface area contributed by atoms with Crippen LogP contribution in [-0.2, 0) is 0 Å². The zero-order valence-electron chi connectivity index (χ0n) is 15.2. The predicted octanol–water partition coefficient (Wildman–Crippen LogP) is 3.71. The highest BCUT2D eigenvalue weighted by molar-refractivity contribution is 5.95. The quantitative estimate of drug-likeness (QED) is 0.565. The van der Waals surface area contributed by atoms with Crippen molar-refractivity contribution in [2.24, 2.45) is 0 Å². The minimum atomic E-state index is -0.199. The van der Waals surface area contributed by atoms with E-state index in [1.165, 1.54) is 6.33 Å². The van der Waals surface area contributed by atoms with Gasteiger partial charge in [-0.2, -0.15) is 5.26 Å². The fraction of sp³-hybridized carbons (Fsp3) is 0.0952. The Bertz CT molecular complexity index is 1180. The first kappa shape index (κ1) is 17.4. The number of anilines is 2. The summed E-state index contributed by atoms with van der Waals surface area (Å²) in [7, 11) is 0. The highest BCUT2D eigenvalue weighted by Gasteiger charge is 2.19. The van der Waals surface area contributed by atoms with Crippen LogP contribution in [0.3, 0.4) is 0 Å². The first-order valence-corrected chi connectivity index (χ1v) is 8.75. The van der Waals surface area contributed by atoms with Crippen molar-refractivity contribution in [1.29, 1.82) is 5.26 Å². The van der Waals surface area contributed by atoms with Gasteiger partial charge < -0.3 is 11.1 Å². The average Bonchev–Trinajstić information content (AvgIpc) is 2.73. The summed E-state index contributed by atoms with van der Waals surface area (Å²) in [4.78, 5) is 17.2. The Hall–Kier alpha value is -4.05. The van der Waals surface area contributed by atoms with Crippen molar-refractivity contribution in [2.75, 3.05) is 11.1 Å². The molecular weight excluding hydrogens is 350 g/mol. The maximum absolute atomic E-state index is 9.38. The molecule has 0 fully saturated rings. The molecule has 0 aliphatic rings. The molecule has 3 N–H and O–H groups in total. The Kier molecular flexibility index (Phi) is 4.52. The van der Waals surface area contributed by atoms with Crippen LogP contribution in [0.2, 0.25) is 0 Å². The van der Waals surface area contributed by atoms with Gasteiger partial charge in [-0.3, -0.25) is 9.97 Å². The number of nitrogen functional groups attached to an aromatic ring is 1. The third-order valence-corrected chi connectivity index (χ3v) is 4.53. The van der Waals surface area contributed by atoms with E-state index in [1.807, 2.05) is 55.6 Å². The molecule has 0 unspecified atom stereocenters. The molecule has 0 saturated carbocycles. The van der Waals surface area contributed by atoms with Crippen LogP contribution in [0.15, 0.2) is 61.2 Å². The van der Waals surface area contributed by atoms with Gasteiger partial charge in [0.2, 0.25) is 0 Å². The molecular formula is C21H17N7. The second kappa shape index (κ2) is 7.29. The molecule has 0 aliphatic heterocycles. The van der Waals surface area contributed by atoms with Gasteiger partial charge in [-0.1, -0.05) is 24.3 Å². The van der Waals surface area contributed by atoms with Crippen molar-refractivity contribution >= 4 is 22.5 Å². The molecule has 0 bridgehead atoms. The Morgan fingerprint density at radius 1 is 1.04 bits per heavy atom. The van der Waals surface area contributed by atoms with Crippen LogP contribution in [0.4, 0.5) is 11.6 Å². The number of nitrogens with zero attached hydrogens (tertiary/aromatic N) is 5. The van der Waals surface area contributed by atoms with Gasteiger partial charge in [0.1, 0.15) is 29.6 Å². The summed E-state index contributed by atoms with van der Waals surface area (Å²) in [5.41, 5.74) is 9.71. The molecule has 0 spiro atoms. The van der Waals surface area contributed by atoms with Gasteiger partial charge in [-0.15, -0.1) is 0 Å². The van der Waals surface area contributed by atoms with Gasteiger partial charge in [-0.25, -0.2) is 9.97 Å². The highest BCUT2D eigenvalue weighted by Crippen LogP contribution is 2.34. The monoisotopic (exact) mass is 367 g/mol. The lowest BCUT2D eigenvalue weighted by molar-refractivity contribution is 0.867. The van der Waals surface area contributed by atoms with Crippen molar-refractivity contribution in [3.8, 4) is 17.3 Å². The number of fused-ring (bicyclic) bond motifs is 1. The maximum atomic E-state index is 9.38. The van der Waals surface area contributed by atoms with Gasteiger partial charge in [0.05, 0.1) is 17.3 Å². The number of pyridine rings is 2. The molecule has 0 amide bonds. The standard InChI is InChI=1S/C21H17N7/c1-13(28-21-15(10-22)20(23)26-12-27-21)16-11-25-17-7-3-2-6-14(17)19(16)18-8-4-5-9-24-18/h2-9,11-13H,1H3,(H3,23,26,27,28)/t13-/m0/s1. The van der Waals surface area contributed by atoms with Crippen LogP contribution in [0.1, 0.15) is 24.1 Å². The Balaban J connectivity index is 1.85. The normalized spacial score (nSPS) is 11.7. The van der Waals surface area contributed by atoms with Crippen LogP contribution >= 0.6 is 0 Å². The van der Waals surface area contributed by atoms with E-state index in [2.05, 4.69) is 31.3 Å². The lowest BCUT2D eigenvalue weighted by Gasteiger charge is -2.20. The summed E-state index contributed by atoms with van der Waals surface area (Å²) in [5, 5.41) is 13.7. The molecule has 4 aromatic rings. The van der Waals surface area contributed by atoms with Crippen LogP contribution in [0, 0.1) is 11.3 Å². The molecule has 28 heavy (non-hydrogen) atoms. The lowest BCUT2D eigenvalue weighted by Crippen LogP contribution is -2.13. The summed E-state index contributed by atoms with van der Waals surface area (Å²) >= 11 is 0. The first-order chi connectivity index (χ1) is 13.7. The second-order valence-electron chi connectivity index (χ2n) is 6.28. The van der Waals surface area contributed by atoms with E-state index in [0.29, 0.717) is 5.82 Å². The first-order valence-electron chi connectivity index (χ1n) is 8.75. The molecule has 0 saturated heterocycles. The van der Waals surface area contributed by atoms with E-state index in [9.17, 15) is 5.26 Å². The van der Waals surface area contributed by atoms with E-state index in [0.717, 1.165) is 27.7 Å². The largest absolute Gasteiger partial charge is 0.382 e. The molecule has 0 radical (unpaired) electrons. The fourth-order valence-corrected chi connectivity index (χ4v) is 3.18. The van der Waals surface area contributed by atoms with Crippen LogP contribution in [0.5, 0.6) is 0 Å². The Labute approximate surface area is 161 Å². The van der Waals surface area contributed by atoms with Crippen molar-refractivity contribution in [3.05, 3.63) is 72.3 Å². The molecule has 136 valence electrons. The second-order valence-corrected chi connectivity index (χ2v) is 6.28. The predicted molar refractivity (Wildman–Crippen MR) is 108 cm³/mol. The number of benzene rings is 1. The lowest BCUT2D eigenvalue weighted by atomic mass is 9.96. The summed E-state index contributed by atoms with van der Waals surface area (Å²) in [5.74, 6) is 0.538. The molecule has 1 aromatic carbocycles. The van der Waals surface area contributed by atoms with Crippen LogP contribution in [0.25, 0.3) is 22.2 Å². The highest BCUT2D eigenvalue weighted by atomic mass is 15.1. The average molecular weight is 367 g/mol. The molecule has 0 aliphatic carbocycles. The molecule has 7 nitrogen and oxygen atoms in total. The SMILES string of the molecule is C[C@H](Nc1ncnc(N)c1C#N)c1cnc2ccccc2c1-c1ccccn1. The third kappa shape index (κ3) is 3.08. The topological polar surface area (TPSA) is 113 Å². The number of rotatable bonds is 4. The molecule has 4 rings (SSSR count). The summed E-state index contributed by atoms with van der Waals surface area (Å²) in [6.07, 6.45) is 4.94. The zero-order chi connectivity index (χ0) is 19.5. The number of nitriles is 1. The molecule has 3 aromatic heterocycles. The molecule has 7 heteroatoms. The molecule has 3 heterocycles. The van der Waals surface area contributed by atoms with Gasteiger partial charge in [0.25, 0.3) is 0 Å². The number of nitrogens with two attached hydrogens (primary N) is 1. The van der Waals surface area contributed by atoms with Gasteiger partial charge >= 0.3 is 0 Å². The number of nitrogens with one attached hydrogen (secondary N) is 1. The Morgan fingerprint density at radius 3 is 2.64 bits per heavy atom. The van der Waals surface area contributed by atoms with Crippen molar-refractivity contribution < 1.29 is 0 Å². The van der Waals surface area contributed by atoms with E-state index in [4.69, 9.17) is 5.73 Å². The minimum absolute atomic E-state index is 0.147. The summed E-state index contributed by atoms with van der Waals surface area (Å²) in [6.45, 7) is 1.98. The van der Waals surface area contributed by atoms with Crippen LogP contribution in [-0.4, -0.2) is 19.9 Å².